The third-order valence-electron chi connectivity index (χ3n) is 2.40. The minimum Gasteiger partial charge on any atom is -0.504 e. The van der Waals surface area contributed by atoms with E-state index in [1.165, 1.54) is 6.07 Å². The number of hydrogen-bond acceptors (Lipinski definition) is 3. The first-order valence-electron chi connectivity index (χ1n) is 4.64. The van der Waals surface area contributed by atoms with Crippen molar-refractivity contribution >= 4 is 0 Å². The molecule has 0 fully saturated rings. The molecule has 78 valence electrons. The number of rotatable bonds is 1. The van der Waals surface area contributed by atoms with Gasteiger partial charge in [0.1, 0.15) is 5.82 Å². The van der Waals surface area contributed by atoms with Gasteiger partial charge in [0, 0.05) is 5.69 Å². The first kappa shape index (κ1) is 9.58. The van der Waals surface area contributed by atoms with Crippen LogP contribution in [-0.2, 0) is 0 Å². The van der Waals surface area contributed by atoms with E-state index in [2.05, 4.69) is 9.97 Å². The SMILES string of the molecule is Cc1nc(-c2cccc(O)c2O)[nH]c1C. The number of nitrogens with one attached hydrogen (secondary N) is 1. The highest BCUT2D eigenvalue weighted by Crippen LogP contribution is 2.34. The molecule has 2 aromatic rings. The number of phenols is 2. The van der Waals surface area contributed by atoms with Gasteiger partial charge in [0.25, 0.3) is 0 Å². The Hall–Kier alpha value is -1.97. The Morgan fingerprint density at radius 1 is 1.20 bits per heavy atom. The van der Waals surface area contributed by atoms with Crippen LogP contribution in [0.2, 0.25) is 0 Å². The van der Waals surface area contributed by atoms with Crippen LogP contribution < -0.4 is 0 Å². The summed E-state index contributed by atoms with van der Waals surface area (Å²) in [5.74, 6) is 0.281. The maximum absolute atomic E-state index is 9.64. The molecule has 0 bridgehead atoms. The zero-order valence-corrected chi connectivity index (χ0v) is 8.57. The van der Waals surface area contributed by atoms with Crippen molar-refractivity contribution in [3.63, 3.8) is 0 Å². The molecule has 0 aliphatic rings. The number of aromatic nitrogens is 2. The van der Waals surface area contributed by atoms with Gasteiger partial charge in [-0.2, -0.15) is 0 Å². The minimum atomic E-state index is -0.147. The summed E-state index contributed by atoms with van der Waals surface area (Å²) in [6.45, 7) is 3.79. The lowest BCUT2D eigenvalue weighted by atomic mass is 10.2. The molecule has 2 rings (SSSR count). The highest BCUT2D eigenvalue weighted by atomic mass is 16.3. The maximum Gasteiger partial charge on any atom is 0.168 e. The van der Waals surface area contributed by atoms with Crippen LogP contribution in [0.15, 0.2) is 18.2 Å². The van der Waals surface area contributed by atoms with Crippen molar-refractivity contribution in [2.45, 2.75) is 13.8 Å². The van der Waals surface area contributed by atoms with Crippen molar-refractivity contribution in [1.29, 1.82) is 0 Å². The van der Waals surface area contributed by atoms with Crippen molar-refractivity contribution in [3.8, 4) is 22.9 Å². The second-order valence-corrected chi connectivity index (χ2v) is 3.47. The van der Waals surface area contributed by atoms with Crippen LogP contribution in [0, 0.1) is 13.8 Å². The van der Waals surface area contributed by atoms with Gasteiger partial charge in [-0.15, -0.1) is 0 Å². The Morgan fingerprint density at radius 2 is 1.93 bits per heavy atom. The van der Waals surface area contributed by atoms with E-state index in [4.69, 9.17) is 0 Å². The highest BCUT2D eigenvalue weighted by molar-refractivity contribution is 5.68. The molecule has 1 aromatic carbocycles. The van der Waals surface area contributed by atoms with Crippen LogP contribution in [0.5, 0.6) is 11.5 Å². The maximum atomic E-state index is 9.64. The van der Waals surface area contributed by atoms with E-state index in [0.717, 1.165) is 11.4 Å². The number of aryl methyl sites for hydroxylation is 2. The number of phenolic OH excluding ortho intramolecular Hbond substituents is 2. The quantitative estimate of drug-likeness (QED) is 0.623. The highest BCUT2D eigenvalue weighted by Gasteiger charge is 2.11. The topological polar surface area (TPSA) is 69.1 Å². The molecule has 0 aliphatic heterocycles. The smallest absolute Gasteiger partial charge is 0.168 e. The van der Waals surface area contributed by atoms with Crippen molar-refractivity contribution in [1.82, 2.24) is 9.97 Å². The summed E-state index contributed by atoms with van der Waals surface area (Å²) < 4.78 is 0. The summed E-state index contributed by atoms with van der Waals surface area (Å²) in [4.78, 5) is 7.30. The van der Waals surface area contributed by atoms with Crippen LogP contribution in [0.25, 0.3) is 11.4 Å². The first-order chi connectivity index (χ1) is 7.09. The second-order valence-electron chi connectivity index (χ2n) is 3.47. The summed E-state index contributed by atoms with van der Waals surface area (Å²) >= 11 is 0. The van der Waals surface area contributed by atoms with Crippen LogP contribution in [0.3, 0.4) is 0 Å². The van der Waals surface area contributed by atoms with Crippen molar-refractivity contribution in [3.05, 3.63) is 29.6 Å². The number of imidazole rings is 1. The summed E-state index contributed by atoms with van der Waals surface area (Å²) in [5.41, 5.74) is 2.34. The Kier molecular flexibility index (Phi) is 2.11. The van der Waals surface area contributed by atoms with Gasteiger partial charge in [-0.3, -0.25) is 0 Å². The second kappa shape index (κ2) is 3.31. The monoisotopic (exact) mass is 204 g/mol. The molecule has 0 aliphatic carbocycles. The van der Waals surface area contributed by atoms with E-state index in [0.29, 0.717) is 11.4 Å². The lowest BCUT2D eigenvalue weighted by Crippen LogP contribution is -1.82. The van der Waals surface area contributed by atoms with E-state index in [9.17, 15) is 10.2 Å². The molecule has 1 heterocycles. The minimum absolute atomic E-state index is 0.140. The number of aromatic hydroxyl groups is 2. The molecular weight excluding hydrogens is 192 g/mol. The summed E-state index contributed by atoms with van der Waals surface area (Å²) in [7, 11) is 0. The molecular formula is C11H12N2O2. The number of nitrogens with zero attached hydrogens (tertiary/aromatic N) is 1. The van der Waals surface area contributed by atoms with Crippen molar-refractivity contribution in [2.75, 3.05) is 0 Å². The van der Waals surface area contributed by atoms with Crippen LogP contribution in [0.4, 0.5) is 0 Å². The lowest BCUT2D eigenvalue weighted by molar-refractivity contribution is 0.405. The fourth-order valence-corrected chi connectivity index (χ4v) is 1.40. The average Bonchev–Trinajstić information content (AvgIpc) is 2.51. The number of benzene rings is 1. The Balaban J connectivity index is 2.59. The van der Waals surface area contributed by atoms with Gasteiger partial charge in [-0.1, -0.05) is 6.07 Å². The van der Waals surface area contributed by atoms with Gasteiger partial charge in [0.2, 0.25) is 0 Å². The van der Waals surface area contributed by atoms with E-state index < -0.39 is 0 Å². The zero-order valence-electron chi connectivity index (χ0n) is 8.57. The fourth-order valence-electron chi connectivity index (χ4n) is 1.40. The molecule has 0 atom stereocenters. The fraction of sp³-hybridized carbons (Fsp3) is 0.182. The van der Waals surface area contributed by atoms with Gasteiger partial charge in [0.05, 0.1) is 11.3 Å². The molecule has 0 unspecified atom stereocenters. The van der Waals surface area contributed by atoms with Gasteiger partial charge in [-0.25, -0.2) is 4.98 Å². The Labute approximate surface area is 87.2 Å². The predicted molar refractivity (Wildman–Crippen MR) is 56.8 cm³/mol. The lowest BCUT2D eigenvalue weighted by Gasteiger charge is -2.02. The number of hydrogen-bond donors (Lipinski definition) is 3. The normalized spacial score (nSPS) is 10.5. The molecule has 15 heavy (non-hydrogen) atoms. The first-order valence-corrected chi connectivity index (χ1v) is 4.64. The van der Waals surface area contributed by atoms with E-state index in [1.807, 2.05) is 13.8 Å². The largest absolute Gasteiger partial charge is 0.504 e. The van der Waals surface area contributed by atoms with Crippen molar-refractivity contribution in [2.24, 2.45) is 0 Å². The molecule has 0 saturated heterocycles. The van der Waals surface area contributed by atoms with Crippen LogP contribution in [0.1, 0.15) is 11.4 Å². The number of H-pyrrole nitrogens is 1. The summed E-state index contributed by atoms with van der Waals surface area (Å²) in [5, 5.41) is 19.0. The molecule has 0 radical (unpaired) electrons. The van der Waals surface area contributed by atoms with Gasteiger partial charge >= 0.3 is 0 Å². The molecule has 0 saturated carbocycles. The Bertz CT molecular complexity index is 484. The Morgan fingerprint density at radius 3 is 2.53 bits per heavy atom. The molecule has 0 spiro atoms. The van der Waals surface area contributed by atoms with Crippen molar-refractivity contribution < 1.29 is 10.2 Å². The molecule has 4 heteroatoms. The molecule has 4 nitrogen and oxygen atoms in total. The van der Waals surface area contributed by atoms with E-state index in [-0.39, 0.29) is 11.5 Å². The molecule has 3 N–H and O–H groups in total. The molecule has 1 aromatic heterocycles. The molecule has 0 amide bonds. The van der Waals surface area contributed by atoms with Gasteiger partial charge in [0.15, 0.2) is 11.5 Å². The number of aromatic amines is 1. The number of para-hydroxylation sites is 1. The van der Waals surface area contributed by atoms with Crippen LogP contribution >= 0.6 is 0 Å². The van der Waals surface area contributed by atoms with E-state index >= 15 is 0 Å². The van der Waals surface area contributed by atoms with Gasteiger partial charge in [-0.05, 0) is 26.0 Å². The third-order valence-corrected chi connectivity index (χ3v) is 2.40. The van der Waals surface area contributed by atoms with Gasteiger partial charge < -0.3 is 15.2 Å². The predicted octanol–water partition coefficient (Wildman–Crippen LogP) is 2.10. The summed E-state index contributed by atoms with van der Waals surface area (Å²) in [6, 6.07) is 4.80. The van der Waals surface area contributed by atoms with Crippen LogP contribution in [-0.4, -0.2) is 20.2 Å². The average molecular weight is 204 g/mol. The zero-order chi connectivity index (χ0) is 11.0. The van der Waals surface area contributed by atoms with E-state index in [1.54, 1.807) is 12.1 Å². The summed E-state index contributed by atoms with van der Waals surface area (Å²) in [6.07, 6.45) is 0. The third kappa shape index (κ3) is 1.54. The standard InChI is InChI=1S/C11H12N2O2/c1-6-7(2)13-11(12-6)8-4-3-5-9(14)10(8)15/h3-5,14-15H,1-2H3,(H,12,13).